The Morgan fingerprint density at radius 3 is 3.00 bits per heavy atom. The SMILES string of the molecule is O=C(NCc1ccnc(OC2CCCC2)c1)C1CO1. The molecule has 1 saturated carbocycles. The van der Waals surface area contributed by atoms with Crippen LogP contribution in [-0.2, 0) is 16.1 Å². The van der Waals surface area contributed by atoms with Crippen molar-refractivity contribution in [2.45, 2.75) is 44.4 Å². The van der Waals surface area contributed by atoms with Crippen LogP contribution in [0, 0.1) is 0 Å². The Kier molecular flexibility index (Phi) is 3.64. The fourth-order valence-corrected chi connectivity index (χ4v) is 2.30. The number of ether oxygens (including phenoxy) is 2. The number of carbonyl (C=O) groups is 1. The molecule has 0 bridgehead atoms. The molecule has 1 N–H and O–H groups in total. The smallest absolute Gasteiger partial charge is 0.251 e. The fraction of sp³-hybridized carbons (Fsp3) is 0.571. The van der Waals surface area contributed by atoms with Gasteiger partial charge in [0.15, 0.2) is 6.10 Å². The van der Waals surface area contributed by atoms with Gasteiger partial charge in [0.1, 0.15) is 6.10 Å². The minimum absolute atomic E-state index is 0.0462. The molecular weight excluding hydrogens is 244 g/mol. The van der Waals surface area contributed by atoms with Crippen molar-refractivity contribution in [1.29, 1.82) is 0 Å². The molecule has 0 spiro atoms. The normalized spacial score (nSPS) is 22.2. The summed E-state index contributed by atoms with van der Waals surface area (Å²) in [5.74, 6) is 0.608. The van der Waals surface area contributed by atoms with Crippen LogP contribution in [0.15, 0.2) is 18.3 Å². The molecule has 1 aliphatic heterocycles. The first-order valence-electron chi connectivity index (χ1n) is 6.82. The molecule has 1 amide bonds. The van der Waals surface area contributed by atoms with Gasteiger partial charge < -0.3 is 14.8 Å². The second-order valence-corrected chi connectivity index (χ2v) is 5.07. The van der Waals surface area contributed by atoms with Crippen molar-refractivity contribution in [3.63, 3.8) is 0 Å². The van der Waals surface area contributed by atoms with E-state index in [4.69, 9.17) is 9.47 Å². The Hall–Kier alpha value is -1.62. The first-order chi connectivity index (χ1) is 9.31. The third kappa shape index (κ3) is 3.44. The van der Waals surface area contributed by atoms with Crippen molar-refractivity contribution in [3.8, 4) is 5.88 Å². The van der Waals surface area contributed by atoms with E-state index >= 15 is 0 Å². The number of epoxide rings is 1. The predicted molar refractivity (Wildman–Crippen MR) is 68.7 cm³/mol. The molecule has 5 heteroatoms. The Morgan fingerprint density at radius 2 is 2.26 bits per heavy atom. The average Bonchev–Trinajstić information content (AvgIpc) is 3.16. The maximum Gasteiger partial charge on any atom is 0.251 e. The summed E-state index contributed by atoms with van der Waals surface area (Å²) in [6, 6.07) is 3.78. The van der Waals surface area contributed by atoms with Crippen molar-refractivity contribution in [3.05, 3.63) is 23.9 Å². The minimum atomic E-state index is -0.240. The highest BCUT2D eigenvalue weighted by atomic mass is 16.6. The quantitative estimate of drug-likeness (QED) is 0.815. The van der Waals surface area contributed by atoms with Crippen molar-refractivity contribution >= 4 is 5.91 Å². The lowest BCUT2D eigenvalue weighted by Gasteiger charge is -2.12. The van der Waals surface area contributed by atoms with Gasteiger partial charge >= 0.3 is 0 Å². The molecule has 102 valence electrons. The van der Waals surface area contributed by atoms with Gasteiger partial charge in [-0.25, -0.2) is 4.98 Å². The zero-order chi connectivity index (χ0) is 13.1. The van der Waals surface area contributed by atoms with Crippen LogP contribution >= 0.6 is 0 Å². The summed E-state index contributed by atoms with van der Waals surface area (Å²) in [5.41, 5.74) is 0.997. The van der Waals surface area contributed by atoms with Gasteiger partial charge in [-0.05, 0) is 37.3 Å². The van der Waals surface area contributed by atoms with E-state index in [0.717, 1.165) is 18.4 Å². The van der Waals surface area contributed by atoms with Crippen molar-refractivity contribution in [1.82, 2.24) is 10.3 Å². The zero-order valence-corrected chi connectivity index (χ0v) is 10.8. The lowest BCUT2D eigenvalue weighted by Crippen LogP contribution is -2.27. The molecule has 3 rings (SSSR count). The number of rotatable bonds is 5. The van der Waals surface area contributed by atoms with Gasteiger partial charge in [0.2, 0.25) is 5.88 Å². The lowest BCUT2D eigenvalue weighted by atomic mass is 10.2. The van der Waals surface area contributed by atoms with E-state index in [1.165, 1.54) is 12.8 Å². The standard InChI is InChI=1S/C14H18N2O3/c17-14(12-9-18-12)16-8-10-5-6-15-13(7-10)19-11-3-1-2-4-11/h5-7,11-12H,1-4,8-9H2,(H,16,17). The first-order valence-corrected chi connectivity index (χ1v) is 6.82. The third-order valence-corrected chi connectivity index (χ3v) is 3.48. The van der Waals surface area contributed by atoms with E-state index in [2.05, 4.69) is 10.3 Å². The van der Waals surface area contributed by atoms with Crippen molar-refractivity contribution in [2.75, 3.05) is 6.61 Å². The van der Waals surface area contributed by atoms with Gasteiger partial charge in [0.05, 0.1) is 6.61 Å². The second kappa shape index (κ2) is 5.57. The number of hydrogen-bond acceptors (Lipinski definition) is 4. The Bertz CT molecular complexity index is 454. The molecule has 2 aliphatic rings. The van der Waals surface area contributed by atoms with Gasteiger partial charge in [-0.3, -0.25) is 4.79 Å². The molecule has 5 nitrogen and oxygen atoms in total. The highest BCUT2D eigenvalue weighted by Crippen LogP contribution is 2.23. The summed E-state index contributed by atoms with van der Waals surface area (Å²) < 4.78 is 10.8. The highest BCUT2D eigenvalue weighted by Gasteiger charge is 2.30. The third-order valence-electron chi connectivity index (χ3n) is 3.48. The Balaban J connectivity index is 1.54. The largest absolute Gasteiger partial charge is 0.474 e. The zero-order valence-electron chi connectivity index (χ0n) is 10.8. The molecule has 0 aromatic carbocycles. The van der Waals surface area contributed by atoms with Crippen LogP contribution in [0.1, 0.15) is 31.2 Å². The molecule has 19 heavy (non-hydrogen) atoms. The first kappa shape index (κ1) is 12.4. The van der Waals surface area contributed by atoms with Gasteiger partial charge in [0, 0.05) is 18.8 Å². The molecule has 1 aliphatic carbocycles. The van der Waals surface area contributed by atoms with E-state index in [0.29, 0.717) is 25.1 Å². The predicted octanol–water partition coefficient (Wildman–Crippen LogP) is 1.42. The molecule has 0 radical (unpaired) electrons. The van der Waals surface area contributed by atoms with Gasteiger partial charge in [0.25, 0.3) is 5.91 Å². The molecule has 1 atom stereocenters. The van der Waals surface area contributed by atoms with Crippen LogP contribution in [0.25, 0.3) is 0 Å². The van der Waals surface area contributed by atoms with E-state index in [9.17, 15) is 4.79 Å². The molecular formula is C14H18N2O3. The van der Waals surface area contributed by atoms with Crippen molar-refractivity contribution < 1.29 is 14.3 Å². The summed E-state index contributed by atoms with van der Waals surface area (Å²) in [5, 5.41) is 2.83. The van der Waals surface area contributed by atoms with Gasteiger partial charge in [-0.15, -0.1) is 0 Å². The van der Waals surface area contributed by atoms with Crippen LogP contribution in [0.4, 0.5) is 0 Å². The summed E-state index contributed by atoms with van der Waals surface area (Å²) >= 11 is 0. The van der Waals surface area contributed by atoms with Crippen molar-refractivity contribution in [2.24, 2.45) is 0 Å². The van der Waals surface area contributed by atoms with Crippen LogP contribution in [0.2, 0.25) is 0 Å². The van der Waals surface area contributed by atoms with Crippen LogP contribution in [0.5, 0.6) is 5.88 Å². The van der Waals surface area contributed by atoms with Crippen LogP contribution < -0.4 is 10.1 Å². The van der Waals surface area contributed by atoms with E-state index < -0.39 is 0 Å². The fourth-order valence-electron chi connectivity index (χ4n) is 2.30. The lowest BCUT2D eigenvalue weighted by molar-refractivity contribution is -0.122. The molecule has 2 fully saturated rings. The molecule has 1 saturated heterocycles. The van der Waals surface area contributed by atoms with Gasteiger partial charge in [-0.1, -0.05) is 0 Å². The molecule has 1 aromatic heterocycles. The molecule has 1 unspecified atom stereocenters. The Labute approximate surface area is 112 Å². The maximum atomic E-state index is 11.5. The summed E-state index contributed by atoms with van der Waals surface area (Å²) in [7, 11) is 0. The number of nitrogens with one attached hydrogen (secondary N) is 1. The Morgan fingerprint density at radius 1 is 1.47 bits per heavy atom. The summed E-state index contributed by atoms with van der Waals surface area (Å²) in [6.07, 6.45) is 6.49. The van der Waals surface area contributed by atoms with Crippen LogP contribution in [0.3, 0.4) is 0 Å². The summed E-state index contributed by atoms with van der Waals surface area (Å²) in [6.45, 7) is 1.03. The van der Waals surface area contributed by atoms with E-state index in [1.54, 1.807) is 6.20 Å². The number of aromatic nitrogens is 1. The van der Waals surface area contributed by atoms with E-state index in [1.807, 2.05) is 12.1 Å². The van der Waals surface area contributed by atoms with E-state index in [-0.39, 0.29) is 12.0 Å². The number of hydrogen-bond donors (Lipinski definition) is 1. The number of pyridine rings is 1. The number of nitrogens with zero attached hydrogens (tertiary/aromatic N) is 1. The molecule has 2 heterocycles. The highest BCUT2D eigenvalue weighted by molar-refractivity contribution is 5.82. The monoisotopic (exact) mass is 262 g/mol. The molecule has 1 aromatic rings. The van der Waals surface area contributed by atoms with Gasteiger partial charge in [-0.2, -0.15) is 0 Å². The number of amides is 1. The van der Waals surface area contributed by atoms with Crippen LogP contribution in [-0.4, -0.2) is 29.7 Å². The number of carbonyl (C=O) groups excluding carboxylic acids is 1. The second-order valence-electron chi connectivity index (χ2n) is 5.07. The summed E-state index contributed by atoms with van der Waals surface area (Å²) in [4.78, 5) is 15.7. The topological polar surface area (TPSA) is 63.8 Å². The maximum absolute atomic E-state index is 11.5. The minimum Gasteiger partial charge on any atom is -0.474 e. The average molecular weight is 262 g/mol.